The topological polar surface area (TPSA) is 15.3 Å². The highest BCUT2D eigenvalue weighted by Gasteiger charge is 2.35. The van der Waals surface area contributed by atoms with Gasteiger partial charge in [-0.25, -0.2) is 0 Å². The summed E-state index contributed by atoms with van der Waals surface area (Å²) in [5, 5.41) is 3.74. The standard InChI is InChI=1S/C14H28N2/c1-4-14(5-2,10-15-12-6-7-12)11-16(3)13-8-9-13/h12-13,15H,4-11H2,1-3H3. The van der Waals surface area contributed by atoms with Crippen LogP contribution in [-0.4, -0.2) is 37.1 Å². The van der Waals surface area contributed by atoms with Crippen LogP contribution in [0.2, 0.25) is 0 Å². The van der Waals surface area contributed by atoms with E-state index in [2.05, 4.69) is 31.1 Å². The molecule has 0 aromatic carbocycles. The molecule has 0 heterocycles. The summed E-state index contributed by atoms with van der Waals surface area (Å²) in [6.07, 6.45) is 8.27. The van der Waals surface area contributed by atoms with Crippen molar-refractivity contribution in [1.82, 2.24) is 10.2 Å². The SMILES string of the molecule is CCC(CC)(CNC1CC1)CN(C)C1CC1. The molecule has 2 aliphatic rings. The van der Waals surface area contributed by atoms with E-state index in [-0.39, 0.29) is 0 Å². The first kappa shape index (κ1) is 12.4. The van der Waals surface area contributed by atoms with Crippen molar-refractivity contribution in [3.8, 4) is 0 Å². The van der Waals surface area contributed by atoms with Crippen molar-refractivity contribution in [1.29, 1.82) is 0 Å². The maximum absolute atomic E-state index is 3.74. The molecule has 2 heteroatoms. The van der Waals surface area contributed by atoms with Crippen LogP contribution in [0.4, 0.5) is 0 Å². The zero-order valence-electron chi connectivity index (χ0n) is 11.3. The minimum Gasteiger partial charge on any atom is -0.313 e. The third-order valence-corrected chi connectivity index (χ3v) is 4.60. The van der Waals surface area contributed by atoms with Crippen molar-refractivity contribution in [3.05, 3.63) is 0 Å². The predicted molar refractivity (Wildman–Crippen MR) is 69.7 cm³/mol. The molecule has 0 radical (unpaired) electrons. The third kappa shape index (κ3) is 3.21. The molecule has 2 saturated carbocycles. The van der Waals surface area contributed by atoms with E-state index >= 15 is 0 Å². The molecule has 0 bridgehead atoms. The van der Waals surface area contributed by atoms with Crippen molar-refractivity contribution in [3.63, 3.8) is 0 Å². The Bertz CT molecular complexity index is 215. The summed E-state index contributed by atoms with van der Waals surface area (Å²) < 4.78 is 0. The second-order valence-corrected chi connectivity index (χ2v) is 6.01. The van der Waals surface area contributed by atoms with Crippen molar-refractivity contribution in [2.45, 2.75) is 64.5 Å². The molecule has 94 valence electrons. The Morgan fingerprint density at radius 3 is 2.19 bits per heavy atom. The van der Waals surface area contributed by atoms with E-state index in [1.807, 2.05) is 0 Å². The van der Waals surface area contributed by atoms with E-state index in [1.165, 1.54) is 51.6 Å². The first-order valence-corrected chi connectivity index (χ1v) is 7.13. The third-order valence-electron chi connectivity index (χ3n) is 4.60. The number of nitrogens with one attached hydrogen (secondary N) is 1. The maximum Gasteiger partial charge on any atom is 0.00936 e. The molecule has 0 spiro atoms. The Hall–Kier alpha value is -0.0800. The molecule has 2 fully saturated rings. The minimum atomic E-state index is 0.514. The molecule has 2 nitrogen and oxygen atoms in total. The van der Waals surface area contributed by atoms with Crippen LogP contribution < -0.4 is 5.32 Å². The van der Waals surface area contributed by atoms with Gasteiger partial charge in [-0.1, -0.05) is 13.8 Å². The van der Waals surface area contributed by atoms with Crippen molar-refractivity contribution in [2.24, 2.45) is 5.41 Å². The first-order valence-electron chi connectivity index (χ1n) is 7.13. The largest absolute Gasteiger partial charge is 0.313 e. The average molecular weight is 224 g/mol. The Kier molecular flexibility index (Phi) is 3.91. The van der Waals surface area contributed by atoms with Gasteiger partial charge in [0.15, 0.2) is 0 Å². The Labute approximate surface area is 101 Å². The fourth-order valence-corrected chi connectivity index (χ4v) is 2.60. The first-order chi connectivity index (χ1) is 7.69. The van der Waals surface area contributed by atoms with Crippen LogP contribution in [0.5, 0.6) is 0 Å². The van der Waals surface area contributed by atoms with E-state index in [0.29, 0.717) is 5.41 Å². The fraction of sp³-hybridized carbons (Fsp3) is 1.00. The zero-order valence-corrected chi connectivity index (χ0v) is 11.3. The average Bonchev–Trinajstić information content (AvgIpc) is 3.18. The molecule has 2 rings (SSSR count). The van der Waals surface area contributed by atoms with Gasteiger partial charge in [-0.15, -0.1) is 0 Å². The monoisotopic (exact) mass is 224 g/mol. The summed E-state index contributed by atoms with van der Waals surface area (Å²) in [7, 11) is 2.31. The quantitative estimate of drug-likeness (QED) is 0.682. The van der Waals surface area contributed by atoms with Crippen LogP contribution in [0.3, 0.4) is 0 Å². The number of hydrogen-bond donors (Lipinski definition) is 1. The molecule has 0 aliphatic heterocycles. The van der Waals surface area contributed by atoms with Crippen LogP contribution in [0.25, 0.3) is 0 Å². The van der Waals surface area contributed by atoms with Crippen LogP contribution in [0.15, 0.2) is 0 Å². The minimum absolute atomic E-state index is 0.514. The van der Waals surface area contributed by atoms with Crippen molar-refractivity contribution >= 4 is 0 Å². The van der Waals surface area contributed by atoms with Gasteiger partial charge >= 0.3 is 0 Å². The second-order valence-electron chi connectivity index (χ2n) is 6.01. The van der Waals surface area contributed by atoms with Crippen LogP contribution in [0.1, 0.15) is 52.4 Å². The van der Waals surface area contributed by atoms with Gasteiger partial charge in [0.05, 0.1) is 0 Å². The highest BCUT2D eigenvalue weighted by atomic mass is 15.2. The lowest BCUT2D eigenvalue weighted by Gasteiger charge is -2.36. The van der Waals surface area contributed by atoms with E-state index in [1.54, 1.807) is 0 Å². The summed E-state index contributed by atoms with van der Waals surface area (Å²) in [4.78, 5) is 2.60. The lowest BCUT2D eigenvalue weighted by atomic mass is 9.81. The van der Waals surface area contributed by atoms with Gasteiger partial charge in [0.2, 0.25) is 0 Å². The zero-order chi connectivity index (χ0) is 11.6. The summed E-state index contributed by atoms with van der Waals surface area (Å²) in [6, 6.07) is 1.75. The van der Waals surface area contributed by atoms with Gasteiger partial charge in [-0.3, -0.25) is 0 Å². The van der Waals surface area contributed by atoms with Gasteiger partial charge in [0.1, 0.15) is 0 Å². The predicted octanol–water partition coefficient (Wildman–Crippen LogP) is 2.64. The van der Waals surface area contributed by atoms with Gasteiger partial charge in [-0.05, 0) is 51.0 Å². The van der Waals surface area contributed by atoms with E-state index in [9.17, 15) is 0 Å². The summed E-state index contributed by atoms with van der Waals surface area (Å²) in [5.74, 6) is 0. The Morgan fingerprint density at radius 2 is 1.75 bits per heavy atom. The molecule has 16 heavy (non-hydrogen) atoms. The molecular weight excluding hydrogens is 196 g/mol. The molecule has 0 aromatic rings. The molecule has 0 unspecified atom stereocenters. The molecular formula is C14H28N2. The summed E-state index contributed by atoms with van der Waals surface area (Å²) >= 11 is 0. The van der Waals surface area contributed by atoms with Crippen LogP contribution in [-0.2, 0) is 0 Å². The highest BCUT2D eigenvalue weighted by Crippen LogP contribution is 2.33. The number of nitrogens with zero attached hydrogens (tertiary/aromatic N) is 1. The lowest BCUT2D eigenvalue weighted by Crippen LogP contribution is -2.43. The van der Waals surface area contributed by atoms with Crippen molar-refractivity contribution in [2.75, 3.05) is 20.1 Å². The number of hydrogen-bond acceptors (Lipinski definition) is 2. The van der Waals surface area contributed by atoms with Gasteiger partial charge in [-0.2, -0.15) is 0 Å². The van der Waals surface area contributed by atoms with Gasteiger partial charge in [0, 0.05) is 25.2 Å². The summed E-state index contributed by atoms with van der Waals surface area (Å²) in [5.41, 5.74) is 0.514. The van der Waals surface area contributed by atoms with E-state index < -0.39 is 0 Å². The van der Waals surface area contributed by atoms with Crippen LogP contribution in [0, 0.1) is 5.41 Å². The van der Waals surface area contributed by atoms with E-state index in [0.717, 1.165) is 12.1 Å². The van der Waals surface area contributed by atoms with Crippen LogP contribution >= 0.6 is 0 Å². The molecule has 1 N–H and O–H groups in total. The lowest BCUT2D eigenvalue weighted by molar-refractivity contribution is 0.149. The molecule has 2 aliphatic carbocycles. The Morgan fingerprint density at radius 1 is 1.12 bits per heavy atom. The van der Waals surface area contributed by atoms with Gasteiger partial charge in [0.25, 0.3) is 0 Å². The molecule has 0 atom stereocenters. The van der Waals surface area contributed by atoms with E-state index in [4.69, 9.17) is 0 Å². The number of rotatable bonds is 8. The second kappa shape index (κ2) is 5.05. The Balaban J connectivity index is 1.83. The summed E-state index contributed by atoms with van der Waals surface area (Å²) in [6.45, 7) is 7.23. The highest BCUT2D eigenvalue weighted by molar-refractivity contribution is 4.91. The normalized spacial score (nSPS) is 21.8. The smallest absolute Gasteiger partial charge is 0.00936 e. The molecule has 0 amide bonds. The van der Waals surface area contributed by atoms with Crippen molar-refractivity contribution < 1.29 is 0 Å². The molecule has 0 aromatic heterocycles. The van der Waals surface area contributed by atoms with Gasteiger partial charge < -0.3 is 10.2 Å². The maximum atomic E-state index is 3.74. The fourth-order valence-electron chi connectivity index (χ4n) is 2.60. The molecule has 0 saturated heterocycles.